The number of hydrogen-bond donors (Lipinski definition) is 0. The van der Waals surface area contributed by atoms with Crippen molar-refractivity contribution in [2.75, 3.05) is 7.05 Å². The van der Waals surface area contributed by atoms with Gasteiger partial charge in [-0.05, 0) is 31.7 Å². The van der Waals surface area contributed by atoms with Crippen LogP contribution in [-0.2, 0) is 6.54 Å². The lowest BCUT2D eigenvalue weighted by molar-refractivity contribution is 0.296. The van der Waals surface area contributed by atoms with Gasteiger partial charge in [0.05, 0.1) is 12.2 Å². The normalized spacial score (nSPS) is 11.9. The lowest BCUT2D eigenvalue weighted by Crippen LogP contribution is -2.26. The molecule has 4 heteroatoms. The van der Waals surface area contributed by atoms with E-state index in [1.165, 1.54) is 5.56 Å². The highest BCUT2D eigenvalue weighted by molar-refractivity contribution is 5.30. The van der Waals surface area contributed by atoms with Crippen LogP contribution in [-0.4, -0.2) is 28.0 Å². The van der Waals surface area contributed by atoms with Gasteiger partial charge in [0.25, 0.3) is 0 Å². The summed E-state index contributed by atoms with van der Waals surface area (Å²) < 4.78 is 5.59. The Hall–Kier alpha value is -2.38. The van der Waals surface area contributed by atoms with Crippen molar-refractivity contribution >= 4 is 0 Å². The van der Waals surface area contributed by atoms with Gasteiger partial charge in [-0.15, -0.1) is 6.42 Å². The fourth-order valence-corrected chi connectivity index (χ4v) is 1.67. The van der Waals surface area contributed by atoms with Gasteiger partial charge in [0.15, 0.2) is 0 Å². The Morgan fingerprint density at radius 1 is 1.30 bits per heavy atom. The topological polar surface area (TPSA) is 38.2 Å². The van der Waals surface area contributed by atoms with Crippen molar-refractivity contribution in [3.05, 3.63) is 48.4 Å². The Morgan fingerprint density at radius 2 is 2.05 bits per heavy atom. The maximum atomic E-state index is 5.59. The molecule has 0 aliphatic heterocycles. The molecular weight excluding hydrogens is 250 g/mol. The van der Waals surface area contributed by atoms with Crippen molar-refractivity contribution < 1.29 is 4.74 Å². The predicted molar refractivity (Wildman–Crippen MR) is 78.3 cm³/mol. The van der Waals surface area contributed by atoms with Crippen LogP contribution in [0.15, 0.2) is 42.9 Å². The molecule has 2 rings (SSSR count). The van der Waals surface area contributed by atoms with Crippen LogP contribution in [0, 0.1) is 12.3 Å². The number of ether oxygens (including phenoxy) is 1. The first kappa shape index (κ1) is 14.0. The molecule has 20 heavy (non-hydrogen) atoms. The molecule has 0 aliphatic rings. The first-order valence-corrected chi connectivity index (χ1v) is 6.38. The molecule has 0 amide bonds. The first-order valence-electron chi connectivity index (χ1n) is 6.38. The highest BCUT2D eigenvalue weighted by Crippen LogP contribution is 2.19. The minimum atomic E-state index is 0.116. The lowest BCUT2D eigenvalue weighted by atomic mass is 10.2. The average molecular weight is 267 g/mol. The molecule has 0 bridgehead atoms. The molecule has 0 fully saturated rings. The third kappa shape index (κ3) is 3.81. The molecule has 0 radical (unpaired) electrons. The molecule has 0 unspecified atom stereocenters. The van der Waals surface area contributed by atoms with Crippen LogP contribution in [0.5, 0.6) is 11.6 Å². The van der Waals surface area contributed by atoms with Crippen molar-refractivity contribution in [1.29, 1.82) is 0 Å². The number of hydrogen-bond acceptors (Lipinski definition) is 4. The van der Waals surface area contributed by atoms with Gasteiger partial charge in [0.1, 0.15) is 5.75 Å². The van der Waals surface area contributed by atoms with Gasteiger partial charge >= 0.3 is 0 Å². The summed E-state index contributed by atoms with van der Waals surface area (Å²) in [5.74, 6) is 3.94. The van der Waals surface area contributed by atoms with E-state index in [1.54, 1.807) is 18.6 Å². The van der Waals surface area contributed by atoms with Gasteiger partial charge in [-0.1, -0.05) is 18.1 Å². The molecule has 1 aromatic carbocycles. The summed E-state index contributed by atoms with van der Waals surface area (Å²) in [6, 6.07) is 7.98. The number of rotatable bonds is 5. The number of nitrogens with zero attached hydrogens (tertiary/aromatic N) is 3. The summed E-state index contributed by atoms with van der Waals surface area (Å²) in [4.78, 5) is 10.1. The zero-order valence-corrected chi connectivity index (χ0v) is 11.7. The first-order chi connectivity index (χ1) is 9.69. The Balaban J connectivity index is 1.98. The summed E-state index contributed by atoms with van der Waals surface area (Å²) in [7, 11) is 2.01. The van der Waals surface area contributed by atoms with Crippen LogP contribution < -0.4 is 4.74 Å². The fourth-order valence-electron chi connectivity index (χ4n) is 1.67. The number of benzene rings is 1. The maximum absolute atomic E-state index is 5.59. The highest BCUT2D eigenvalue weighted by Gasteiger charge is 2.06. The Kier molecular flexibility index (Phi) is 4.70. The predicted octanol–water partition coefficient (Wildman–Crippen LogP) is 2.72. The Bertz CT molecular complexity index is 575. The molecule has 102 valence electrons. The second-order valence-corrected chi connectivity index (χ2v) is 4.55. The zero-order valence-electron chi connectivity index (χ0n) is 11.7. The minimum absolute atomic E-state index is 0.116. The zero-order chi connectivity index (χ0) is 14.4. The van der Waals surface area contributed by atoms with Gasteiger partial charge < -0.3 is 4.74 Å². The number of aromatic nitrogens is 2. The van der Waals surface area contributed by atoms with Gasteiger partial charge in [-0.25, -0.2) is 4.98 Å². The van der Waals surface area contributed by atoms with E-state index in [0.717, 1.165) is 12.3 Å². The molecule has 0 saturated heterocycles. The van der Waals surface area contributed by atoms with Crippen molar-refractivity contribution in [3.63, 3.8) is 0 Å². The molecule has 4 nitrogen and oxygen atoms in total. The summed E-state index contributed by atoms with van der Waals surface area (Å²) >= 11 is 0. The smallest absolute Gasteiger partial charge is 0.237 e. The van der Waals surface area contributed by atoms with E-state index in [1.807, 2.05) is 38.2 Å². The van der Waals surface area contributed by atoms with Crippen LogP contribution in [0.1, 0.15) is 12.5 Å². The van der Waals surface area contributed by atoms with Crippen molar-refractivity contribution in [2.45, 2.75) is 19.5 Å². The molecule has 0 N–H and O–H groups in total. The van der Waals surface area contributed by atoms with Crippen LogP contribution in [0.3, 0.4) is 0 Å². The molecule has 0 saturated carbocycles. The molecule has 0 aliphatic carbocycles. The maximum Gasteiger partial charge on any atom is 0.237 e. The van der Waals surface area contributed by atoms with Crippen molar-refractivity contribution in [2.24, 2.45) is 0 Å². The second-order valence-electron chi connectivity index (χ2n) is 4.55. The minimum Gasteiger partial charge on any atom is -0.438 e. The summed E-state index contributed by atoms with van der Waals surface area (Å²) in [6.07, 6.45) is 10.2. The summed E-state index contributed by atoms with van der Waals surface area (Å²) in [6.45, 7) is 2.81. The van der Waals surface area contributed by atoms with Crippen LogP contribution in [0.4, 0.5) is 0 Å². The quantitative estimate of drug-likeness (QED) is 0.781. The van der Waals surface area contributed by atoms with Crippen molar-refractivity contribution in [3.8, 4) is 24.0 Å². The fraction of sp³-hybridized carbons (Fsp3) is 0.250. The van der Waals surface area contributed by atoms with E-state index in [0.29, 0.717) is 5.88 Å². The third-order valence-corrected chi connectivity index (χ3v) is 3.02. The van der Waals surface area contributed by atoms with Crippen LogP contribution in [0.25, 0.3) is 0 Å². The SMILES string of the molecule is C#C[C@H](C)N(C)Cc1ccc(Oc2cnccn2)cc1. The lowest BCUT2D eigenvalue weighted by Gasteiger charge is -2.20. The van der Waals surface area contributed by atoms with E-state index >= 15 is 0 Å². The van der Waals surface area contributed by atoms with E-state index in [-0.39, 0.29) is 6.04 Å². The molecule has 1 atom stereocenters. The van der Waals surface area contributed by atoms with Gasteiger partial charge in [-0.3, -0.25) is 9.88 Å². The number of terminal acetylenes is 1. The molecule has 1 aromatic heterocycles. The van der Waals surface area contributed by atoms with E-state index < -0.39 is 0 Å². The standard InChI is InChI=1S/C16H17N3O/c1-4-13(2)19(3)12-14-5-7-15(8-6-14)20-16-11-17-9-10-18-16/h1,5-11,13H,12H2,2-3H3/t13-/m0/s1. The van der Waals surface area contributed by atoms with Gasteiger partial charge in [0.2, 0.25) is 5.88 Å². The molecule has 1 heterocycles. The summed E-state index contributed by atoms with van der Waals surface area (Å²) in [5.41, 5.74) is 1.18. The highest BCUT2D eigenvalue weighted by atomic mass is 16.5. The van der Waals surface area contributed by atoms with Gasteiger partial charge in [0, 0.05) is 18.9 Å². The van der Waals surface area contributed by atoms with E-state index in [9.17, 15) is 0 Å². The Labute approximate surface area is 119 Å². The largest absolute Gasteiger partial charge is 0.438 e. The van der Waals surface area contributed by atoms with Crippen LogP contribution in [0.2, 0.25) is 0 Å². The van der Waals surface area contributed by atoms with Gasteiger partial charge in [-0.2, -0.15) is 0 Å². The molecule has 2 aromatic rings. The summed E-state index contributed by atoms with van der Waals surface area (Å²) in [5, 5.41) is 0. The van der Waals surface area contributed by atoms with E-state index in [2.05, 4.69) is 20.8 Å². The van der Waals surface area contributed by atoms with Crippen molar-refractivity contribution in [1.82, 2.24) is 14.9 Å². The molecule has 0 spiro atoms. The Morgan fingerprint density at radius 3 is 2.65 bits per heavy atom. The average Bonchev–Trinajstić information content (AvgIpc) is 2.49. The monoisotopic (exact) mass is 267 g/mol. The molecular formula is C16H17N3O. The second kappa shape index (κ2) is 6.69. The van der Waals surface area contributed by atoms with E-state index in [4.69, 9.17) is 11.2 Å². The van der Waals surface area contributed by atoms with Crippen LogP contribution >= 0.6 is 0 Å². The third-order valence-electron chi connectivity index (χ3n) is 3.02.